The van der Waals surface area contributed by atoms with Gasteiger partial charge in [0.1, 0.15) is 11.6 Å². The summed E-state index contributed by atoms with van der Waals surface area (Å²) in [5.41, 5.74) is 2.29. The lowest BCUT2D eigenvalue weighted by Gasteiger charge is -2.27. The van der Waals surface area contributed by atoms with E-state index in [1.807, 2.05) is 25.1 Å². The lowest BCUT2D eigenvalue weighted by Crippen LogP contribution is -2.39. The number of aliphatic carboxylic acids is 1. The van der Waals surface area contributed by atoms with E-state index in [9.17, 15) is 14.3 Å². The third-order valence-electron chi connectivity index (χ3n) is 6.09. The van der Waals surface area contributed by atoms with E-state index in [2.05, 4.69) is 4.90 Å². The fourth-order valence-corrected chi connectivity index (χ4v) is 4.52. The maximum atomic E-state index is 13.8. The summed E-state index contributed by atoms with van der Waals surface area (Å²) in [7, 11) is 1.53. The van der Waals surface area contributed by atoms with Crippen molar-refractivity contribution in [2.24, 2.45) is 0 Å². The lowest BCUT2D eigenvalue weighted by atomic mass is 10.0. The van der Waals surface area contributed by atoms with Crippen LogP contribution in [0.4, 0.5) is 4.39 Å². The highest BCUT2D eigenvalue weighted by molar-refractivity contribution is 6.30. The molecule has 0 aliphatic carbocycles. The Morgan fingerprint density at radius 3 is 2.85 bits per heavy atom. The van der Waals surface area contributed by atoms with E-state index in [0.717, 1.165) is 36.6 Å². The van der Waals surface area contributed by atoms with Crippen LogP contribution in [0, 0.1) is 5.82 Å². The molecule has 0 spiro atoms. The number of carbonyl (C=O) groups is 1. The molecular formula is C26H31ClFNO5. The van der Waals surface area contributed by atoms with Crippen molar-refractivity contribution in [2.45, 2.75) is 44.4 Å². The summed E-state index contributed by atoms with van der Waals surface area (Å²) in [5, 5.41) is 19.8. The molecule has 0 saturated carbocycles. The zero-order valence-corrected chi connectivity index (χ0v) is 20.2. The van der Waals surface area contributed by atoms with Crippen molar-refractivity contribution in [2.75, 3.05) is 26.8 Å². The molecule has 1 saturated heterocycles. The molecule has 184 valence electrons. The van der Waals surface area contributed by atoms with E-state index in [0.29, 0.717) is 24.3 Å². The van der Waals surface area contributed by atoms with Crippen LogP contribution < -0.4 is 4.74 Å². The smallest absolute Gasteiger partial charge is 0.328 e. The zero-order chi connectivity index (χ0) is 24.7. The van der Waals surface area contributed by atoms with Crippen LogP contribution in [0.3, 0.4) is 0 Å². The van der Waals surface area contributed by atoms with Crippen LogP contribution in [-0.2, 0) is 16.0 Å². The van der Waals surface area contributed by atoms with Crippen LogP contribution in [0.15, 0.2) is 42.5 Å². The van der Waals surface area contributed by atoms with Crippen LogP contribution in [-0.4, -0.2) is 60.0 Å². The molecule has 2 aromatic carbocycles. The van der Waals surface area contributed by atoms with E-state index in [-0.39, 0.29) is 23.8 Å². The lowest BCUT2D eigenvalue weighted by molar-refractivity contribution is -0.131. The first-order valence-corrected chi connectivity index (χ1v) is 11.7. The van der Waals surface area contributed by atoms with E-state index >= 15 is 0 Å². The number of rotatable bonds is 11. The maximum absolute atomic E-state index is 13.8. The monoisotopic (exact) mass is 491 g/mol. The molecule has 34 heavy (non-hydrogen) atoms. The molecule has 3 atom stereocenters. The molecule has 8 heteroatoms. The van der Waals surface area contributed by atoms with Crippen LogP contribution in [0.25, 0.3) is 6.08 Å². The summed E-state index contributed by atoms with van der Waals surface area (Å²) in [4.78, 5) is 13.2. The number of carboxylic acid groups (broad SMARTS) is 1. The van der Waals surface area contributed by atoms with Gasteiger partial charge < -0.3 is 19.7 Å². The summed E-state index contributed by atoms with van der Waals surface area (Å²) >= 11 is 5.79. The Morgan fingerprint density at radius 1 is 1.35 bits per heavy atom. The Hall–Kier alpha value is -2.45. The minimum atomic E-state index is -1.05. The van der Waals surface area contributed by atoms with Gasteiger partial charge >= 0.3 is 5.97 Å². The molecule has 0 aromatic heterocycles. The summed E-state index contributed by atoms with van der Waals surface area (Å²) in [6.45, 7) is 3.30. The number of hydrogen-bond donors (Lipinski definition) is 2. The summed E-state index contributed by atoms with van der Waals surface area (Å²) < 4.78 is 25.1. The molecular weight excluding hydrogens is 461 g/mol. The second-order valence-electron chi connectivity index (χ2n) is 8.51. The number of methoxy groups -OCH3 is 1. The third-order valence-corrected chi connectivity index (χ3v) is 6.40. The van der Waals surface area contributed by atoms with Crippen molar-refractivity contribution in [3.63, 3.8) is 0 Å². The van der Waals surface area contributed by atoms with Gasteiger partial charge in [-0.05, 0) is 68.1 Å². The highest BCUT2D eigenvalue weighted by Crippen LogP contribution is 2.30. The van der Waals surface area contributed by atoms with Gasteiger partial charge in [0, 0.05) is 24.2 Å². The zero-order valence-electron chi connectivity index (χ0n) is 19.4. The first-order valence-electron chi connectivity index (χ1n) is 11.3. The number of hydrogen-bond acceptors (Lipinski definition) is 5. The van der Waals surface area contributed by atoms with E-state index in [4.69, 9.17) is 26.2 Å². The van der Waals surface area contributed by atoms with Gasteiger partial charge in [-0.2, -0.15) is 0 Å². The topological polar surface area (TPSA) is 79.2 Å². The fraction of sp³-hybridized carbons (Fsp3) is 0.423. The van der Waals surface area contributed by atoms with Gasteiger partial charge in [-0.3, -0.25) is 4.90 Å². The van der Waals surface area contributed by atoms with Crippen molar-refractivity contribution < 1.29 is 28.9 Å². The molecule has 0 amide bonds. The number of aliphatic hydroxyl groups is 1. The SMILES string of the molecule is COc1cccc([C@@H](C)OC[C@@H](O)CN2CCC[C@H]2Cc2ccc(Cl)c(F)c2)c1/C=C/C(=O)O. The van der Waals surface area contributed by atoms with E-state index in [1.54, 1.807) is 12.1 Å². The van der Waals surface area contributed by atoms with Gasteiger partial charge in [0.25, 0.3) is 0 Å². The standard InChI is InChI=1S/C26H31ClFNO5/c1-17(21-6-3-7-25(33-2)22(21)9-11-26(31)32)34-16-20(30)15-29-12-4-5-19(29)13-18-8-10-23(27)24(28)14-18/h3,6-11,14,17,19-20,30H,4-5,12-13,15-16H2,1-2H3,(H,31,32)/b11-9+/t17-,19+,20+/m1/s1. The number of likely N-dealkylation sites (tertiary alicyclic amines) is 1. The van der Waals surface area contributed by atoms with Gasteiger partial charge in [0.15, 0.2) is 0 Å². The van der Waals surface area contributed by atoms with E-state index < -0.39 is 17.9 Å². The second kappa shape index (κ2) is 12.3. The highest BCUT2D eigenvalue weighted by atomic mass is 35.5. The van der Waals surface area contributed by atoms with Crippen molar-refractivity contribution in [3.05, 3.63) is 70.0 Å². The summed E-state index contributed by atoms with van der Waals surface area (Å²) in [6, 6.07) is 10.5. The summed E-state index contributed by atoms with van der Waals surface area (Å²) in [6.07, 6.45) is 4.16. The van der Waals surface area contributed by atoms with Crippen LogP contribution in [0.1, 0.15) is 42.6 Å². The van der Waals surface area contributed by atoms with Gasteiger partial charge in [-0.25, -0.2) is 9.18 Å². The van der Waals surface area contributed by atoms with Gasteiger partial charge in [-0.1, -0.05) is 29.8 Å². The first-order chi connectivity index (χ1) is 16.3. The number of β-amino-alcohol motifs (C(OH)–C–C–N with tert-alkyl or cyclic N) is 1. The first kappa shape index (κ1) is 26.2. The molecule has 2 N–H and O–H groups in total. The Kier molecular flexibility index (Phi) is 9.47. The second-order valence-corrected chi connectivity index (χ2v) is 8.91. The molecule has 0 bridgehead atoms. The normalized spacial score (nSPS) is 18.3. The van der Waals surface area contributed by atoms with Gasteiger partial charge in [0.05, 0.1) is 30.9 Å². The van der Waals surface area contributed by atoms with Crippen molar-refractivity contribution in [1.29, 1.82) is 0 Å². The van der Waals surface area contributed by atoms with Crippen molar-refractivity contribution >= 4 is 23.6 Å². The molecule has 6 nitrogen and oxygen atoms in total. The van der Waals surface area contributed by atoms with Gasteiger partial charge in [0.2, 0.25) is 0 Å². The Labute approximate surface area is 204 Å². The van der Waals surface area contributed by atoms with Crippen LogP contribution >= 0.6 is 11.6 Å². The molecule has 0 unspecified atom stereocenters. The molecule has 1 fully saturated rings. The number of aliphatic hydroxyl groups excluding tert-OH is 1. The Bertz CT molecular complexity index is 1010. The van der Waals surface area contributed by atoms with Crippen LogP contribution in [0.2, 0.25) is 5.02 Å². The molecule has 3 rings (SSSR count). The quantitative estimate of drug-likeness (QED) is 0.442. The fourth-order valence-electron chi connectivity index (χ4n) is 4.40. The van der Waals surface area contributed by atoms with Crippen molar-refractivity contribution in [1.82, 2.24) is 4.90 Å². The average molecular weight is 492 g/mol. The minimum absolute atomic E-state index is 0.117. The van der Waals surface area contributed by atoms with Crippen LogP contribution in [0.5, 0.6) is 5.75 Å². The number of halogens is 2. The predicted octanol–water partition coefficient (Wildman–Crippen LogP) is 4.73. The molecule has 1 heterocycles. The summed E-state index contributed by atoms with van der Waals surface area (Å²) in [5.74, 6) is -0.923. The number of carboxylic acids is 1. The molecule has 0 radical (unpaired) electrons. The van der Waals surface area contributed by atoms with Gasteiger partial charge in [-0.15, -0.1) is 0 Å². The Morgan fingerprint density at radius 2 is 2.15 bits per heavy atom. The maximum Gasteiger partial charge on any atom is 0.328 e. The number of ether oxygens (including phenoxy) is 2. The van der Waals surface area contributed by atoms with Crippen molar-refractivity contribution in [3.8, 4) is 5.75 Å². The van der Waals surface area contributed by atoms with E-state index in [1.165, 1.54) is 19.3 Å². The predicted molar refractivity (Wildman–Crippen MR) is 130 cm³/mol. The Balaban J connectivity index is 1.58. The average Bonchev–Trinajstić information content (AvgIpc) is 3.24. The molecule has 2 aromatic rings. The molecule has 1 aliphatic heterocycles. The minimum Gasteiger partial charge on any atom is -0.496 e. The number of nitrogens with zero attached hydrogens (tertiary/aromatic N) is 1. The third kappa shape index (κ3) is 7.03. The number of benzene rings is 2. The molecule has 1 aliphatic rings. The largest absolute Gasteiger partial charge is 0.496 e. The highest BCUT2D eigenvalue weighted by Gasteiger charge is 2.27.